The molecule has 0 saturated carbocycles. The van der Waals surface area contributed by atoms with Crippen LogP contribution in [0.15, 0.2) is 54.6 Å². The first-order valence-corrected chi connectivity index (χ1v) is 11.5. The van der Waals surface area contributed by atoms with E-state index in [1.165, 1.54) is 36.0 Å². The average molecular weight is 473 g/mol. The molecule has 0 aromatic heterocycles. The minimum atomic E-state index is -1.10. The normalized spacial score (nSPS) is 12.6. The van der Waals surface area contributed by atoms with E-state index in [1.54, 1.807) is 0 Å². The summed E-state index contributed by atoms with van der Waals surface area (Å²) in [5.74, 6) is -2.59. The Morgan fingerprint density at radius 1 is 0.909 bits per heavy atom. The summed E-state index contributed by atoms with van der Waals surface area (Å²) in [5.41, 5.74) is 1.45. The third-order valence-electron chi connectivity index (χ3n) is 4.69. The molecule has 2 rings (SSSR count). The van der Waals surface area contributed by atoms with E-state index in [2.05, 4.69) is 10.6 Å². The number of nitrogens with one attached hydrogen (secondary N) is 2. The van der Waals surface area contributed by atoms with Crippen molar-refractivity contribution in [2.75, 3.05) is 5.32 Å². The molecule has 0 spiro atoms. The largest absolute Gasteiger partial charge is 0.481 e. The number of carboxylic acid groups (broad SMARTS) is 2. The van der Waals surface area contributed by atoms with Gasteiger partial charge in [-0.25, -0.2) is 4.79 Å². The lowest BCUT2D eigenvalue weighted by Gasteiger charge is -2.23. The predicted molar refractivity (Wildman–Crippen MR) is 127 cm³/mol. The Bertz CT molecular complexity index is 963. The Labute approximate surface area is 196 Å². The Hall–Kier alpha value is -3.33. The van der Waals surface area contributed by atoms with Crippen LogP contribution in [0.1, 0.15) is 42.6 Å². The maximum absolute atomic E-state index is 12.9. The third kappa shape index (κ3) is 8.97. The predicted octanol–water partition coefficient (Wildman–Crippen LogP) is 3.63. The van der Waals surface area contributed by atoms with E-state index in [0.717, 1.165) is 5.56 Å². The van der Waals surface area contributed by atoms with E-state index in [0.29, 0.717) is 17.9 Å². The molecule has 33 heavy (non-hydrogen) atoms. The standard InChI is InChI=1S/C24H28N2O6S/c1-15(2)12-19(22(29)25-18-10-8-17(9-11-18)24(31)32)26-23(30)20(13-21(27)28)33-14-16-6-4-3-5-7-16/h3-11,15,19-20H,12-14H2,1-2H3,(H,25,29)(H,26,30)(H,27,28)(H,31,32). The molecule has 2 unspecified atom stereocenters. The molecule has 0 aliphatic carbocycles. The van der Waals surface area contributed by atoms with Crippen molar-refractivity contribution in [3.05, 3.63) is 65.7 Å². The lowest BCUT2D eigenvalue weighted by atomic mass is 10.0. The molecule has 0 aliphatic rings. The highest BCUT2D eigenvalue weighted by atomic mass is 32.2. The molecule has 0 radical (unpaired) electrons. The second kappa shape index (κ2) is 12.6. The number of aliphatic carboxylic acids is 1. The van der Waals surface area contributed by atoms with Crippen molar-refractivity contribution in [3.63, 3.8) is 0 Å². The molecule has 8 nitrogen and oxygen atoms in total. The minimum Gasteiger partial charge on any atom is -0.481 e. The smallest absolute Gasteiger partial charge is 0.335 e. The molecular formula is C24H28N2O6S. The zero-order chi connectivity index (χ0) is 24.4. The van der Waals surface area contributed by atoms with Crippen molar-refractivity contribution in [1.82, 2.24) is 5.32 Å². The van der Waals surface area contributed by atoms with Gasteiger partial charge in [-0.2, -0.15) is 0 Å². The van der Waals surface area contributed by atoms with Gasteiger partial charge >= 0.3 is 11.9 Å². The SMILES string of the molecule is CC(C)CC(NC(=O)C(CC(=O)O)SCc1ccccc1)C(=O)Nc1ccc(C(=O)O)cc1. The van der Waals surface area contributed by atoms with Crippen molar-refractivity contribution < 1.29 is 29.4 Å². The molecule has 2 aromatic carbocycles. The molecule has 0 heterocycles. The maximum atomic E-state index is 12.9. The summed E-state index contributed by atoms with van der Waals surface area (Å²) in [6, 6.07) is 14.2. The Morgan fingerprint density at radius 2 is 1.55 bits per heavy atom. The molecule has 176 valence electrons. The van der Waals surface area contributed by atoms with E-state index in [-0.39, 0.29) is 17.9 Å². The number of anilines is 1. The lowest BCUT2D eigenvalue weighted by Crippen LogP contribution is -2.48. The van der Waals surface area contributed by atoms with Crippen LogP contribution in [0.4, 0.5) is 5.69 Å². The van der Waals surface area contributed by atoms with E-state index in [1.807, 2.05) is 44.2 Å². The number of aromatic carboxylic acids is 1. The zero-order valence-electron chi connectivity index (χ0n) is 18.5. The number of amides is 2. The molecule has 2 aromatic rings. The zero-order valence-corrected chi connectivity index (χ0v) is 19.3. The molecule has 2 amide bonds. The number of rotatable bonds is 12. The molecule has 9 heteroatoms. The van der Waals surface area contributed by atoms with E-state index >= 15 is 0 Å². The van der Waals surface area contributed by atoms with Crippen LogP contribution in [0.25, 0.3) is 0 Å². The van der Waals surface area contributed by atoms with Crippen LogP contribution >= 0.6 is 11.8 Å². The number of carbonyl (C=O) groups is 4. The van der Waals surface area contributed by atoms with Gasteiger partial charge in [-0.3, -0.25) is 14.4 Å². The number of thioether (sulfide) groups is 1. The molecule has 0 bridgehead atoms. The highest BCUT2D eigenvalue weighted by molar-refractivity contribution is 7.99. The van der Waals surface area contributed by atoms with Crippen molar-refractivity contribution in [2.24, 2.45) is 5.92 Å². The fourth-order valence-corrected chi connectivity index (χ4v) is 4.12. The number of hydrogen-bond donors (Lipinski definition) is 4. The topological polar surface area (TPSA) is 133 Å². The van der Waals surface area contributed by atoms with Gasteiger partial charge in [0, 0.05) is 11.4 Å². The van der Waals surface area contributed by atoms with E-state index in [4.69, 9.17) is 5.11 Å². The first-order valence-electron chi connectivity index (χ1n) is 10.5. The van der Waals surface area contributed by atoms with Gasteiger partial charge < -0.3 is 20.8 Å². The van der Waals surface area contributed by atoms with Gasteiger partial charge in [0.2, 0.25) is 11.8 Å². The van der Waals surface area contributed by atoms with Gasteiger partial charge in [0.25, 0.3) is 0 Å². The fraction of sp³-hybridized carbons (Fsp3) is 0.333. The molecule has 2 atom stereocenters. The van der Waals surface area contributed by atoms with Crippen molar-refractivity contribution in [1.29, 1.82) is 0 Å². The summed E-state index contributed by atoms with van der Waals surface area (Å²) in [7, 11) is 0. The monoisotopic (exact) mass is 472 g/mol. The quantitative estimate of drug-likeness (QED) is 0.371. The number of carboxylic acids is 2. The molecule has 0 fully saturated rings. The molecule has 0 aliphatic heterocycles. The first-order chi connectivity index (χ1) is 15.7. The number of hydrogen-bond acceptors (Lipinski definition) is 5. The van der Waals surface area contributed by atoms with Crippen LogP contribution in [0.3, 0.4) is 0 Å². The van der Waals surface area contributed by atoms with Gasteiger partial charge in [-0.15, -0.1) is 11.8 Å². The van der Waals surface area contributed by atoms with E-state index in [9.17, 15) is 24.3 Å². The highest BCUT2D eigenvalue weighted by Gasteiger charge is 2.28. The molecule has 4 N–H and O–H groups in total. The molecule has 0 saturated heterocycles. The summed E-state index contributed by atoms with van der Waals surface area (Å²) in [4.78, 5) is 48.1. The Kier molecular flexibility index (Phi) is 9.93. The highest BCUT2D eigenvalue weighted by Crippen LogP contribution is 2.22. The van der Waals surface area contributed by atoms with Crippen molar-refractivity contribution in [3.8, 4) is 0 Å². The maximum Gasteiger partial charge on any atom is 0.335 e. The van der Waals surface area contributed by atoms with E-state index < -0.39 is 35.0 Å². The second-order valence-corrected chi connectivity index (χ2v) is 9.14. The average Bonchev–Trinajstić information content (AvgIpc) is 2.76. The minimum absolute atomic E-state index is 0.0883. The first kappa shape index (κ1) is 25.9. The summed E-state index contributed by atoms with van der Waals surface area (Å²) < 4.78 is 0. The van der Waals surface area contributed by atoms with Crippen LogP contribution < -0.4 is 10.6 Å². The van der Waals surface area contributed by atoms with Gasteiger partial charge in [0.05, 0.1) is 17.2 Å². The van der Waals surface area contributed by atoms with Crippen LogP contribution in [-0.4, -0.2) is 45.3 Å². The van der Waals surface area contributed by atoms with Gasteiger partial charge in [0.1, 0.15) is 6.04 Å². The summed E-state index contributed by atoms with van der Waals surface area (Å²) in [6.45, 7) is 3.82. The van der Waals surface area contributed by atoms with Crippen LogP contribution in [-0.2, 0) is 20.1 Å². The van der Waals surface area contributed by atoms with Crippen molar-refractivity contribution in [2.45, 2.75) is 43.7 Å². The summed E-state index contributed by atoms with van der Waals surface area (Å²) >= 11 is 1.21. The van der Waals surface area contributed by atoms with Crippen molar-refractivity contribution >= 4 is 41.2 Å². The Morgan fingerprint density at radius 3 is 2.09 bits per heavy atom. The van der Waals surface area contributed by atoms with Gasteiger partial charge in [0.15, 0.2) is 0 Å². The fourth-order valence-electron chi connectivity index (χ4n) is 3.05. The van der Waals surface area contributed by atoms with Crippen LogP contribution in [0.5, 0.6) is 0 Å². The lowest BCUT2D eigenvalue weighted by molar-refractivity contribution is -0.138. The second-order valence-electron chi connectivity index (χ2n) is 7.95. The summed E-state index contributed by atoms with van der Waals surface area (Å²) in [5, 5.41) is 22.8. The van der Waals surface area contributed by atoms with Crippen LogP contribution in [0.2, 0.25) is 0 Å². The summed E-state index contributed by atoms with van der Waals surface area (Å²) in [6.07, 6.45) is -0.00999. The number of carbonyl (C=O) groups excluding carboxylic acids is 2. The van der Waals surface area contributed by atoms with Gasteiger partial charge in [-0.1, -0.05) is 44.2 Å². The third-order valence-corrected chi connectivity index (χ3v) is 5.97. The number of benzene rings is 2. The molecular weight excluding hydrogens is 444 g/mol. The van der Waals surface area contributed by atoms with Crippen LogP contribution in [0, 0.1) is 5.92 Å². The Balaban J connectivity index is 2.09. The van der Waals surface area contributed by atoms with Gasteiger partial charge in [-0.05, 0) is 42.2 Å².